The number of benzene rings is 2. The third-order valence-electron chi connectivity index (χ3n) is 4.55. The Bertz CT molecular complexity index is 1110. The molecule has 3 rings (SSSR count). The van der Waals surface area contributed by atoms with Crippen molar-refractivity contribution >= 4 is 28.4 Å². The lowest BCUT2D eigenvalue weighted by molar-refractivity contribution is 0.0684. The Kier molecular flexibility index (Phi) is 6.08. The molecule has 0 saturated heterocycles. The maximum absolute atomic E-state index is 13.2. The molecular weight excluding hydrogens is 394 g/mol. The molecule has 0 unspecified atom stereocenters. The highest BCUT2D eigenvalue weighted by Crippen LogP contribution is 2.36. The Labute approximate surface area is 173 Å². The molecule has 3 aromatic rings. The second kappa shape index (κ2) is 8.53. The van der Waals surface area contributed by atoms with Gasteiger partial charge in [-0.3, -0.25) is 9.59 Å². The first-order valence-electron chi connectivity index (χ1n) is 9.06. The van der Waals surface area contributed by atoms with Gasteiger partial charge < -0.3 is 19.4 Å². The van der Waals surface area contributed by atoms with Crippen LogP contribution < -0.4 is 15.0 Å². The summed E-state index contributed by atoms with van der Waals surface area (Å²) in [5.41, 5.74) is 0.692. The smallest absolute Gasteiger partial charge is 0.258 e. The number of halogens is 1. The van der Waals surface area contributed by atoms with Crippen LogP contribution in [0, 0.1) is 0 Å². The number of methoxy groups -OCH3 is 2. The first-order valence-corrected chi connectivity index (χ1v) is 9.44. The van der Waals surface area contributed by atoms with Crippen LogP contribution in [0.15, 0.2) is 41.2 Å². The number of hydrogen-bond acceptors (Lipinski definition) is 5. The van der Waals surface area contributed by atoms with Gasteiger partial charge in [-0.15, -0.1) is 0 Å². The predicted molar refractivity (Wildman–Crippen MR) is 112 cm³/mol. The third kappa shape index (κ3) is 4.19. The second-order valence-corrected chi connectivity index (χ2v) is 7.16. The summed E-state index contributed by atoms with van der Waals surface area (Å²) in [6, 6.07) is 10.0. The monoisotopic (exact) mass is 415 g/mol. The highest BCUT2D eigenvalue weighted by molar-refractivity contribution is 6.32. The number of para-hydroxylation sites is 1. The number of nitrogens with zero attached hydrogens (tertiary/aromatic N) is 2. The maximum Gasteiger partial charge on any atom is 0.258 e. The number of aromatic amines is 1. The Hall–Kier alpha value is -3.06. The molecule has 0 aliphatic heterocycles. The molecule has 1 heterocycles. The third-order valence-corrected chi connectivity index (χ3v) is 4.83. The number of amides is 1. The largest absolute Gasteiger partial charge is 0.493 e. The van der Waals surface area contributed by atoms with Crippen molar-refractivity contribution in [3.05, 3.63) is 63.2 Å². The summed E-state index contributed by atoms with van der Waals surface area (Å²) in [6.07, 6.45) is 0. The number of fused-ring (bicyclic) bond motifs is 1. The standard InChI is InChI=1S/C21H22ClN3O4/c1-12(2)25(11-18-23-16-8-6-5-7-14(16)20(26)24-18)21(27)13-9-15(22)19(29-4)17(10-13)28-3/h5-10,12H,11H2,1-4H3,(H,23,24,26). The van der Waals surface area contributed by atoms with Crippen molar-refractivity contribution in [1.29, 1.82) is 0 Å². The van der Waals surface area contributed by atoms with Crippen molar-refractivity contribution in [3.63, 3.8) is 0 Å². The lowest BCUT2D eigenvalue weighted by atomic mass is 10.1. The molecule has 0 atom stereocenters. The Morgan fingerprint density at radius 2 is 1.93 bits per heavy atom. The van der Waals surface area contributed by atoms with E-state index in [-0.39, 0.29) is 29.1 Å². The average Bonchev–Trinajstić information content (AvgIpc) is 2.70. The fraction of sp³-hybridized carbons (Fsp3) is 0.286. The van der Waals surface area contributed by atoms with E-state index in [1.807, 2.05) is 19.9 Å². The van der Waals surface area contributed by atoms with Gasteiger partial charge in [0.1, 0.15) is 5.82 Å². The predicted octanol–water partition coefficient (Wildman–Crippen LogP) is 3.64. The number of ether oxygens (including phenoxy) is 2. The first kappa shape index (κ1) is 20.7. The molecule has 0 aliphatic carbocycles. The first-order chi connectivity index (χ1) is 13.8. The minimum Gasteiger partial charge on any atom is -0.493 e. The van der Waals surface area contributed by atoms with Crippen molar-refractivity contribution in [2.75, 3.05) is 14.2 Å². The Morgan fingerprint density at radius 1 is 1.21 bits per heavy atom. The molecule has 0 bridgehead atoms. The summed E-state index contributed by atoms with van der Waals surface area (Å²) in [4.78, 5) is 34.4. The van der Waals surface area contributed by atoms with Gasteiger partial charge in [-0.05, 0) is 38.1 Å². The summed E-state index contributed by atoms with van der Waals surface area (Å²) >= 11 is 6.25. The van der Waals surface area contributed by atoms with Gasteiger partial charge in [-0.2, -0.15) is 0 Å². The fourth-order valence-corrected chi connectivity index (χ4v) is 3.36. The minimum atomic E-state index is -0.265. The lowest BCUT2D eigenvalue weighted by Crippen LogP contribution is -2.37. The number of nitrogens with one attached hydrogen (secondary N) is 1. The summed E-state index contributed by atoms with van der Waals surface area (Å²) in [6.45, 7) is 3.92. The molecule has 1 amide bonds. The molecular formula is C21H22ClN3O4. The van der Waals surface area contributed by atoms with E-state index in [4.69, 9.17) is 21.1 Å². The van der Waals surface area contributed by atoms with Gasteiger partial charge >= 0.3 is 0 Å². The SMILES string of the molecule is COc1cc(C(=O)N(Cc2nc3ccccc3c(=O)[nH]2)C(C)C)cc(Cl)c1OC. The molecule has 0 radical (unpaired) electrons. The normalized spacial score (nSPS) is 11.0. The van der Waals surface area contributed by atoms with Crippen LogP contribution in [0.5, 0.6) is 11.5 Å². The summed E-state index contributed by atoms with van der Waals surface area (Å²) < 4.78 is 10.5. The Morgan fingerprint density at radius 3 is 2.59 bits per heavy atom. The zero-order chi connectivity index (χ0) is 21.1. The van der Waals surface area contributed by atoms with Crippen molar-refractivity contribution in [2.45, 2.75) is 26.4 Å². The van der Waals surface area contributed by atoms with Gasteiger partial charge in [0.15, 0.2) is 11.5 Å². The van der Waals surface area contributed by atoms with Crippen LogP contribution in [0.1, 0.15) is 30.0 Å². The number of carbonyl (C=O) groups is 1. The van der Waals surface area contributed by atoms with Crippen LogP contribution >= 0.6 is 11.6 Å². The van der Waals surface area contributed by atoms with Crippen LogP contribution in [0.3, 0.4) is 0 Å². The van der Waals surface area contributed by atoms with E-state index in [0.717, 1.165) is 0 Å². The van der Waals surface area contributed by atoms with Gasteiger partial charge in [-0.1, -0.05) is 23.7 Å². The van der Waals surface area contributed by atoms with Crippen LogP contribution in [0.25, 0.3) is 10.9 Å². The van der Waals surface area contributed by atoms with E-state index in [2.05, 4.69) is 9.97 Å². The van der Waals surface area contributed by atoms with Crippen LogP contribution in [-0.4, -0.2) is 41.0 Å². The van der Waals surface area contributed by atoms with E-state index in [9.17, 15) is 9.59 Å². The van der Waals surface area contributed by atoms with E-state index < -0.39 is 0 Å². The van der Waals surface area contributed by atoms with Gasteiger partial charge in [0.2, 0.25) is 0 Å². The van der Waals surface area contributed by atoms with Gasteiger partial charge in [0.05, 0.1) is 36.7 Å². The molecule has 7 nitrogen and oxygen atoms in total. The van der Waals surface area contributed by atoms with E-state index in [0.29, 0.717) is 33.8 Å². The maximum atomic E-state index is 13.2. The molecule has 8 heteroatoms. The van der Waals surface area contributed by atoms with Crippen molar-refractivity contribution in [1.82, 2.24) is 14.9 Å². The van der Waals surface area contributed by atoms with E-state index in [1.54, 1.807) is 29.2 Å². The fourth-order valence-electron chi connectivity index (χ4n) is 3.07. The highest BCUT2D eigenvalue weighted by Gasteiger charge is 2.23. The molecule has 0 aliphatic rings. The molecule has 0 saturated carbocycles. The molecule has 0 fully saturated rings. The Balaban J connectivity index is 1.98. The lowest BCUT2D eigenvalue weighted by Gasteiger charge is -2.27. The molecule has 0 spiro atoms. The van der Waals surface area contributed by atoms with Crippen LogP contribution in [0.4, 0.5) is 0 Å². The average molecular weight is 416 g/mol. The van der Waals surface area contributed by atoms with E-state index >= 15 is 0 Å². The summed E-state index contributed by atoms with van der Waals surface area (Å²) in [5, 5.41) is 0.779. The molecule has 152 valence electrons. The summed E-state index contributed by atoms with van der Waals surface area (Å²) in [7, 11) is 2.96. The van der Waals surface area contributed by atoms with Crippen molar-refractivity contribution in [2.24, 2.45) is 0 Å². The van der Waals surface area contributed by atoms with Crippen LogP contribution in [0.2, 0.25) is 5.02 Å². The number of hydrogen-bond donors (Lipinski definition) is 1. The zero-order valence-electron chi connectivity index (χ0n) is 16.7. The highest BCUT2D eigenvalue weighted by atomic mass is 35.5. The number of carbonyl (C=O) groups excluding carboxylic acids is 1. The van der Waals surface area contributed by atoms with Gasteiger partial charge in [0, 0.05) is 11.6 Å². The zero-order valence-corrected chi connectivity index (χ0v) is 17.4. The topological polar surface area (TPSA) is 84.5 Å². The number of aromatic nitrogens is 2. The molecule has 1 aromatic heterocycles. The van der Waals surface area contributed by atoms with Crippen molar-refractivity contribution in [3.8, 4) is 11.5 Å². The quantitative estimate of drug-likeness (QED) is 0.664. The second-order valence-electron chi connectivity index (χ2n) is 6.75. The molecule has 1 N–H and O–H groups in total. The number of H-pyrrole nitrogens is 1. The summed E-state index contributed by atoms with van der Waals surface area (Å²) in [5.74, 6) is 0.868. The number of rotatable bonds is 6. The van der Waals surface area contributed by atoms with Gasteiger partial charge in [0.25, 0.3) is 11.5 Å². The minimum absolute atomic E-state index is 0.141. The van der Waals surface area contributed by atoms with Crippen molar-refractivity contribution < 1.29 is 14.3 Å². The molecule has 29 heavy (non-hydrogen) atoms. The van der Waals surface area contributed by atoms with E-state index in [1.165, 1.54) is 20.3 Å². The molecule has 2 aromatic carbocycles. The van der Waals surface area contributed by atoms with Crippen LogP contribution in [-0.2, 0) is 6.54 Å². The van der Waals surface area contributed by atoms with Gasteiger partial charge in [-0.25, -0.2) is 4.98 Å².